The SMILES string of the molecule is CCN(C)C(=O)c1ccc(Nc2cccc(N)c2)c([N+](=O)[O-])c1. The summed E-state index contributed by atoms with van der Waals surface area (Å²) in [6, 6.07) is 11.3. The molecule has 0 aliphatic rings. The molecule has 2 aromatic rings. The highest BCUT2D eigenvalue weighted by molar-refractivity contribution is 5.95. The number of nitro benzene ring substituents is 1. The Kier molecular flexibility index (Phi) is 4.80. The van der Waals surface area contributed by atoms with Crippen molar-refractivity contribution in [2.45, 2.75) is 6.92 Å². The van der Waals surface area contributed by atoms with Gasteiger partial charge in [0.25, 0.3) is 11.6 Å². The van der Waals surface area contributed by atoms with Crippen molar-refractivity contribution in [3.8, 4) is 0 Å². The Morgan fingerprint density at radius 2 is 2.04 bits per heavy atom. The Bertz CT molecular complexity index is 746. The number of hydrogen-bond donors (Lipinski definition) is 2. The highest BCUT2D eigenvalue weighted by Crippen LogP contribution is 2.29. The van der Waals surface area contributed by atoms with Gasteiger partial charge in [0.05, 0.1) is 4.92 Å². The number of nitrogens with one attached hydrogen (secondary N) is 1. The molecular weight excluding hydrogens is 296 g/mol. The molecular formula is C16H18N4O3. The van der Waals surface area contributed by atoms with Crippen molar-refractivity contribution in [1.82, 2.24) is 4.90 Å². The molecule has 2 rings (SSSR count). The van der Waals surface area contributed by atoms with Crippen molar-refractivity contribution in [3.63, 3.8) is 0 Å². The standard InChI is InChI=1S/C16H18N4O3/c1-3-19(2)16(21)11-7-8-14(15(9-11)20(22)23)18-13-6-4-5-12(17)10-13/h4-10,18H,3,17H2,1-2H3. The first-order valence-corrected chi connectivity index (χ1v) is 7.09. The highest BCUT2D eigenvalue weighted by atomic mass is 16.6. The van der Waals surface area contributed by atoms with Crippen molar-refractivity contribution in [2.24, 2.45) is 0 Å². The van der Waals surface area contributed by atoms with Gasteiger partial charge in [0.15, 0.2) is 0 Å². The minimum Gasteiger partial charge on any atom is -0.399 e. The van der Waals surface area contributed by atoms with Crippen molar-refractivity contribution in [3.05, 3.63) is 58.1 Å². The molecule has 0 radical (unpaired) electrons. The topological polar surface area (TPSA) is 102 Å². The largest absolute Gasteiger partial charge is 0.399 e. The van der Waals surface area contributed by atoms with Crippen LogP contribution < -0.4 is 11.1 Å². The zero-order valence-corrected chi connectivity index (χ0v) is 12.9. The number of anilines is 3. The third-order valence-corrected chi connectivity index (χ3v) is 3.43. The van der Waals surface area contributed by atoms with E-state index in [1.807, 2.05) is 6.92 Å². The van der Waals surface area contributed by atoms with E-state index in [0.29, 0.717) is 23.6 Å². The lowest BCUT2D eigenvalue weighted by molar-refractivity contribution is -0.383. The van der Waals surface area contributed by atoms with Gasteiger partial charge in [-0.25, -0.2) is 0 Å². The first-order valence-electron chi connectivity index (χ1n) is 7.09. The van der Waals surface area contributed by atoms with Gasteiger partial charge in [-0.3, -0.25) is 14.9 Å². The number of hydrogen-bond acceptors (Lipinski definition) is 5. The second kappa shape index (κ2) is 6.78. The summed E-state index contributed by atoms with van der Waals surface area (Å²) < 4.78 is 0. The number of nitrogen functional groups attached to an aromatic ring is 1. The van der Waals surface area contributed by atoms with E-state index in [9.17, 15) is 14.9 Å². The Balaban J connectivity index is 2.37. The second-order valence-electron chi connectivity index (χ2n) is 5.06. The molecule has 0 unspecified atom stereocenters. The first-order chi connectivity index (χ1) is 10.9. The number of nitro groups is 1. The van der Waals surface area contributed by atoms with Crippen LogP contribution in [0.2, 0.25) is 0 Å². The van der Waals surface area contributed by atoms with Crippen LogP contribution in [0.1, 0.15) is 17.3 Å². The fraction of sp³-hybridized carbons (Fsp3) is 0.188. The van der Waals surface area contributed by atoms with Crippen LogP contribution in [0.15, 0.2) is 42.5 Å². The molecule has 0 fully saturated rings. The normalized spacial score (nSPS) is 10.2. The zero-order valence-electron chi connectivity index (χ0n) is 12.9. The molecule has 0 bridgehead atoms. The van der Waals surface area contributed by atoms with E-state index in [1.165, 1.54) is 17.0 Å². The van der Waals surface area contributed by atoms with Gasteiger partial charge in [-0.1, -0.05) is 6.07 Å². The lowest BCUT2D eigenvalue weighted by Gasteiger charge is -2.15. The number of nitrogens with two attached hydrogens (primary N) is 1. The van der Waals surface area contributed by atoms with Gasteiger partial charge < -0.3 is 16.0 Å². The summed E-state index contributed by atoms with van der Waals surface area (Å²) in [5, 5.41) is 14.3. The Labute approximate surface area is 133 Å². The van der Waals surface area contributed by atoms with E-state index in [0.717, 1.165) is 0 Å². The molecule has 0 spiro atoms. The van der Waals surface area contributed by atoms with Gasteiger partial charge >= 0.3 is 0 Å². The highest BCUT2D eigenvalue weighted by Gasteiger charge is 2.19. The summed E-state index contributed by atoms with van der Waals surface area (Å²) in [4.78, 5) is 24.4. The van der Waals surface area contributed by atoms with Crippen LogP contribution in [-0.4, -0.2) is 29.3 Å². The Hall–Kier alpha value is -3.09. The molecule has 0 saturated heterocycles. The summed E-state index contributed by atoms with van der Waals surface area (Å²) in [6.45, 7) is 2.36. The number of amides is 1. The molecule has 1 amide bonds. The van der Waals surface area contributed by atoms with Gasteiger partial charge in [0, 0.05) is 36.6 Å². The van der Waals surface area contributed by atoms with E-state index >= 15 is 0 Å². The molecule has 7 nitrogen and oxygen atoms in total. The summed E-state index contributed by atoms with van der Waals surface area (Å²) in [7, 11) is 1.65. The van der Waals surface area contributed by atoms with E-state index in [4.69, 9.17) is 5.73 Å². The maximum absolute atomic E-state index is 12.1. The molecule has 0 heterocycles. The van der Waals surface area contributed by atoms with Crippen molar-refractivity contribution in [1.29, 1.82) is 0 Å². The quantitative estimate of drug-likeness (QED) is 0.502. The predicted molar refractivity (Wildman–Crippen MR) is 89.9 cm³/mol. The van der Waals surface area contributed by atoms with Gasteiger partial charge in [-0.05, 0) is 37.3 Å². The number of nitrogens with zero attached hydrogens (tertiary/aromatic N) is 2. The number of rotatable bonds is 5. The summed E-state index contributed by atoms with van der Waals surface area (Å²) in [5.41, 5.74) is 7.30. The minimum atomic E-state index is -0.517. The van der Waals surface area contributed by atoms with Crippen molar-refractivity contribution in [2.75, 3.05) is 24.6 Å². The molecule has 0 aliphatic heterocycles. The average molecular weight is 314 g/mol. The fourth-order valence-corrected chi connectivity index (χ4v) is 2.06. The minimum absolute atomic E-state index is 0.164. The van der Waals surface area contributed by atoms with Crippen molar-refractivity contribution < 1.29 is 9.72 Å². The molecule has 3 N–H and O–H groups in total. The fourth-order valence-electron chi connectivity index (χ4n) is 2.06. The van der Waals surface area contributed by atoms with E-state index in [-0.39, 0.29) is 17.2 Å². The van der Waals surface area contributed by atoms with Crippen LogP contribution in [0.4, 0.5) is 22.7 Å². The molecule has 0 saturated carbocycles. The maximum atomic E-state index is 12.1. The molecule has 7 heteroatoms. The lowest BCUT2D eigenvalue weighted by atomic mass is 10.1. The van der Waals surface area contributed by atoms with Crippen LogP contribution in [0.5, 0.6) is 0 Å². The predicted octanol–water partition coefficient (Wildman–Crippen LogP) is 3.01. The summed E-state index contributed by atoms with van der Waals surface area (Å²) in [6.07, 6.45) is 0. The Morgan fingerprint density at radius 3 is 2.65 bits per heavy atom. The molecule has 120 valence electrons. The Morgan fingerprint density at radius 1 is 1.30 bits per heavy atom. The summed E-state index contributed by atoms with van der Waals surface area (Å²) >= 11 is 0. The second-order valence-corrected chi connectivity index (χ2v) is 5.06. The van der Waals surface area contributed by atoms with E-state index < -0.39 is 4.92 Å². The van der Waals surface area contributed by atoms with E-state index in [1.54, 1.807) is 37.4 Å². The van der Waals surface area contributed by atoms with Crippen LogP contribution in [0.3, 0.4) is 0 Å². The van der Waals surface area contributed by atoms with Crippen LogP contribution in [0.25, 0.3) is 0 Å². The molecule has 0 aliphatic carbocycles. The maximum Gasteiger partial charge on any atom is 0.293 e. The average Bonchev–Trinajstić information content (AvgIpc) is 2.53. The third kappa shape index (κ3) is 3.76. The van der Waals surface area contributed by atoms with Gasteiger partial charge in [-0.15, -0.1) is 0 Å². The lowest BCUT2D eigenvalue weighted by Crippen LogP contribution is -2.26. The van der Waals surface area contributed by atoms with Gasteiger partial charge in [0.2, 0.25) is 0 Å². The first kappa shape index (κ1) is 16.3. The zero-order chi connectivity index (χ0) is 17.0. The summed E-state index contributed by atoms with van der Waals surface area (Å²) in [5.74, 6) is -0.258. The van der Waals surface area contributed by atoms with Crippen LogP contribution in [-0.2, 0) is 0 Å². The molecule has 23 heavy (non-hydrogen) atoms. The van der Waals surface area contributed by atoms with Crippen LogP contribution >= 0.6 is 0 Å². The number of carbonyl (C=O) groups is 1. The monoisotopic (exact) mass is 314 g/mol. The van der Waals surface area contributed by atoms with Gasteiger partial charge in [0.1, 0.15) is 5.69 Å². The van der Waals surface area contributed by atoms with Crippen LogP contribution in [0, 0.1) is 10.1 Å². The molecule has 0 atom stereocenters. The van der Waals surface area contributed by atoms with Crippen molar-refractivity contribution >= 4 is 28.7 Å². The van der Waals surface area contributed by atoms with E-state index in [2.05, 4.69) is 5.32 Å². The molecule has 2 aromatic carbocycles. The molecule has 0 aromatic heterocycles. The smallest absolute Gasteiger partial charge is 0.293 e. The van der Waals surface area contributed by atoms with Gasteiger partial charge in [-0.2, -0.15) is 0 Å². The number of carbonyl (C=O) groups excluding carboxylic acids is 1. The number of benzene rings is 2. The third-order valence-electron chi connectivity index (χ3n) is 3.43.